The summed E-state index contributed by atoms with van der Waals surface area (Å²) in [6.45, 7) is 1.94. The molecule has 1 amide bonds. The number of aryl methyl sites for hydroxylation is 1. The molecule has 0 aliphatic heterocycles. The topological polar surface area (TPSA) is 95.5 Å². The molecule has 0 fully saturated rings. The van der Waals surface area contributed by atoms with Gasteiger partial charge in [-0.05, 0) is 19.1 Å². The maximum Gasteiger partial charge on any atom is 0.230 e. The minimum atomic E-state index is -0.165. The number of amides is 1. The average Bonchev–Trinajstić information content (AvgIpc) is 3.18. The van der Waals surface area contributed by atoms with E-state index in [-0.39, 0.29) is 12.3 Å². The number of thiazole rings is 1. The molecule has 1 aromatic carbocycles. The normalized spacial score (nSPS) is 10.7. The van der Waals surface area contributed by atoms with Crippen molar-refractivity contribution < 1.29 is 19.0 Å². The first-order chi connectivity index (χ1) is 15.1. The van der Waals surface area contributed by atoms with Crippen LogP contribution in [-0.2, 0) is 11.2 Å². The lowest BCUT2D eigenvalue weighted by molar-refractivity contribution is -0.115. The average molecular weight is 436 g/mol. The standard InChI is InChI=1S/C22H20N4O4S/c1-13-11-25-22(31-13)26-20(27)8-14-4-5-15(9-19(14)28-2)30-18-6-7-23-17-10-21(29-3)24-12-16(17)18/h4-7,9-12H,8H2,1-3H3,(H,25,26,27). The number of aromatic nitrogens is 3. The summed E-state index contributed by atoms with van der Waals surface area (Å²) >= 11 is 1.43. The molecule has 4 rings (SSSR count). The molecule has 0 unspecified atom stereocenters. The predicted molar refractivity (Wildman–Crippen MR) is 118 cm³/mol. The van der Waals surface area contributed by atoms with Crippen LogP contribution in [0.5, 0.6) is 23.1 Å². The summed E-state index contributed by atoms with van der Waals surface area (Å²) in [7, 11) is 3.11. The van der Waals surface area contributed by atoms with Crippen LogP contribution in [0.15, 0.2) is 48.9 Å². The van der Waals surface area contributed by atoms with Gasteiger partial charge in [0.1, 0.15) is 17.2 Å². The summed E-state index contributed by atoms with van der Waals surface area (Å²) < 4.78 is 16.7. The van der Waals surface area contributed by atoms with E-state index in [0.717, 1.165) is 15.8 Å². The fourth-order valence-corrected chi connectivity index (χ4v) is 3.69. The number of anilines is 1. The summed E-state index contributed by atoms with van der Waals surface area (Å²) in [6, 6.07) is 8.86. The molecule has 0 aliphatic rings. The van der Waals surface area contributed by atoms with Crippen molar-refractivity contribution in [2.24, 2.45) is 0 Å². The molecule has 0 atom stereocenters. The van der Waals surface area contributed by atoms with E-state index in [9.17, 15) is 4.79 Å². The summed E-state index contributed by atoms with van der Waals surface area (Å²) in [5.74, 6) is 2.05. The Hall–Kier alpha value is -3.72. The summed E-state index contributed by atoms with van der Waals surface area (Å²) in [5, 5.41) is 4.14. The Balaban J connectivity index is 1.53. The molecule has 158 valence electrons. The zero-order chi connectivity index (χ0) is 21.8. The molecule has 0 bridgehead atoms. The molecule has 1 N–H and O–H groups in total. The second kappa shape index (κ2) is 8.97. The number of ether oxygens (including phenoxy) is 3. The van der Waals surface area contributed by atoms with Crippen molar-refractivity contribution in [2.45, 2.75) is 13.3 Å². The van der Waals surface area contributed by atoms with Gasteiger partial charge in [-0.1, -0.05) is 6.07 Å². The second-order valence-corrected chi connectivity index (χ2v) is 7.86. The highest BCUT2D eigenvalue weighted by Crippen LogP contribution is 2.33. The third kappa shape index (κ3) is 4.72. The van der Waals surface area contributed by atoms with Gasteiger partial charge in [0.25, 0.3) is 0 Å². The van der Waals surface area contributed by atoms with Gasteiger partial charge in [0.05, 0.1) is 31.5 Å². The van der Waals surface area contributed by atoms with Crippen molar-refractivity contribution >= 4 is 33.3 Å². The minimum absolute atomic E-state index is 0.157. The number of benzene rings is 1. The van der Waals surface area contributed by atoms with E-state index in [1.807, 2.05) is 13.0 Å². The van der Waals surface area contributed by atoms with E-state index in [0.29, 0.717) is 33.8 Å². The monoisotopic (exact) mass is 436 g/mol. The van der Waals surface area contributed by atoms with Crippen molar-refractivity contribution in [3.05, 3.63) is 59.4 Å². The van der Waals surface area contributed by atoms with Crippen molar-refractivity contribution in [1.29, 1.82) is 0 Å². The van der Waals surface area contributed by atoms with Crippen LogP contribution in [0.1, 0.15) is 10.4 Å². The highest BCUT2D eigenvalue weighted by Gasteiger charge is 2.13. The van der Waals surface area contributed by atoms with Crippen LogP contribution in [0.4, 0.5) is 5.13 Å². The number of hydrogen-bond acceptors (Lipinski definition) is 8. The number of methoxy groups -OCH3 is 2. The number of pyridine rings is 2. The highest BCUT2D eigenvalue weighted by molar-refractivity contribution is 7.15. The zero-order valence-corrected chi connectivity index (χ0v) is 18.0. The zero-order valence-electron chi connectivity index (χ0n) is 17.2. The van der Waals surface area contributed by atoms with Gasteiger partial charge in [-0.25, -0.2) is 9.97 Å². The van der Waals surface area contributed by atoms with Crippen LogP contribution < -0.4 is 19.5 Å². The van der Waals surface area contributed by atoms with Crippen LogP contribution in [0.25, 0.3) is 10.9 Å². The Kier molecular flexibility index (Phi) is 5.94. The first kappa shape index (κ1) is 20.5. The lowest BCUT2D eigenvalue weighted by atomic mass is 10.1. The Morgan fingerprint density at radius 3 is 2.65 bits per heavy atom. The first-order valence-corrected chi connectivity index (χ1v) is 10.2. The molecule has 9 heteroatoms. The Morgan fingerprint density at radius 2 is 1.90 bits per heavy atom. The van der Waals surface area contributed by atoms with Gasteiger partial charge in [0.15, 0.2) is 5.13 Å². The van der Waals surface area contributed by atoms with E-state index in [1.54, 1.807) is 57.1 Å². The lowest BCUT2D eigenvalue weighted by Gasteiger charge is -2.13. The molecular weight excluding hydrogens is 416 g/mol. The number of hydrogen-bond donors (Lipinski definition) is 1. The van der Waals surface area contributed by atoms with Crippen LogP contribution in [0.3, 0.4) is 0 Å². The predicted octanol–water partition coefficient (Wildman–Crippen LogP) is 4.39. The van der Waals surface area contributed by atoms with Crippen LogP contribution in [0, 0.1) is 6.92 Å². The molecule has 8 nitrogen and oxygen atoms in total. The molecule has 0 aliphatic carbocycles. The second-order valence-electron chi connectivity index (χ2n) is 6.63. The van der Waals surface area contributed by atoms with Gasteiger partial charge in [0.2, 0.25) is 11.8 Å². The number of carbonyl (C=O) groups excluding carboxylic acids is 1. The Labute approximate surface area is 182 Å². The smallest absolute Gasteiger partial charge is 0.230 e. The van der Waals surface area contributed by atoms with Crippen LogP contribution in [-0.4, -0.2) is 35.1 Å². The number of rotatable bonds is 7. The molecule has 0 spiro atoms. The molecule has 3 aromatic heterocycles. The molecular formula is C22H20N4O4S. The maximum absolute atomic E-state index is 12.4. The van der Waals surface area contributed by atoms with Gasteiger partial charge >= 0.3 is 0 Å². The Bertz CT molecular complexity index is 1240. The number of carbonyl (C=O) groups is 1. The number of nitrogens with one attached hydrogen (secondary N) is 1. The third-order valence-electron chi connectivity index (χ3n) is 4.48. The van der Waals surface area contributed by atoms with E-state index < -0.39 is 0 Å². The molecule has 3 heterocycles. The van der Waals surface area contributed by atoms with Crippen molar-refractivity contribution in [3.8, 4) is 23.1 Å². The fraction of sp³-hybridized carbons (Fsp3) is 0.182. The minimum Gasteiger partial charge on any atom is -0.496 e. The van der Waals surface area contributed by atoms with Crippen molar-refractivity contribution in [1.82, 2.24) is 15.0 Å². The van der Waals surface area contributed by atoms with Crippen molar-refractivity contribution in [3.63, 3.8) is 0 Å². The van der Waals surface area contributed by atoms with Gasteiger partial charge < -0.3 is 19.5 Å². The molecule has 31 heavy (non-hydrogen) atoms. The lowest BCUT2D eigenvalue weighted by Crippen LogP contribution is -2.14. The first-order valence-electron chi connectivity index (χ1n) is 9.41. The van der Waals surface area contributed by atoms with Gasteiger partial charge in [-0.15, -0.1) is 11.3 Å². The van der Waals surface area contributed by atoms with Gasteiger partial charge in [0, 0.05) is 41.2 Å². The maximum atomic E-state index is 12.4. The third-order valence-corrected chi connectivity index (χ3v) is 5.30. The Morgan fingerprint density at radius 1 is 1.03 bits per heavy atom. The molecule has 0 saturated heterocycles. The molecule has 4 aromatic rings. The van der Waals surface area contributed by atoms with Crippen LogP contribution >= 0.6 is 11.3 Å². The largest absolute Gasteiger partial charge is 0.496 e. The molecule has 0 radical (unpaired) electrons. The summed E-state index contributed by atoms with van der Waals surface area (Å²) in [4.78, 5) is 26.1. The highest BCUT2D eigenvalue weighted by atomic mass is 32.1. The van der Waals surface area contributed by atoms with Crippen LogP contribution in [0.2, 0.25) is 0 Å². The van der Waals surface area contributed by atoms with E-state index in [2.05, 4.69) is 20.3 Å². The number of fused-ring (bicyclic) bond motifs is 1. The fourth-order valence-electron chi connectivity index (χ4n) is 3.01. The van der Waals surface area contributed by atoms with E-state index in [4.69, 9.17) is 14.2 Å². The van der Waals surface area contributed by atoms with Gasteiger partial charge in [-0.2, -0.15) is 0 Å². The SMILES string of the molecule is COc1cc2nccc(Oc3ccc(CC(=O)Nc4ncc(C)s4)c(OC)c3)c2cn1. The summed E-state index contributed by atoms with van der Waals surface area (Å²) in [6.07, 6.45) is 5.20. The quantitative estimate of drug-likeness (QED) is 0.459. The molecule has 0 saturated carbocycles. The van der Waals surface area contributed by atoms with E-state index in [1.165, 1.54) is 11.3 Å². The number of nitrogens with zero attached hydrogens (tertiary/aromatic N) is 3. The van der Waals surface area contributed by atoms with Crippen molar-refractivity contribution in [2.75, 3.05) is 19.5 Å². The van der Waals surface area contributed by atoms with E-state index >= 15 is 0 Å². The van der Waals surface area contributed by atoms with Gasteiger partial charge in [-0.3, -0.25) is 9.78 Å². The summed E-state index contributed by atoms with van der Waals surface area (Å²) in [5.41, 5.74) is 1.45.